The predicted octanol–water partition coefficient (Wildman–Crippen LogP) is 3.08. The van der Waals surface area contributed by atoms with E-state index in [1.165, 1.54) is 24.8 Å². The maximum Gasteiger partial charge on any atom is 0.490 e. The van der Waals surface area contributed by atoms with Crippen LogP contribution in [0.25, 0.3) is 0 Å². The number of carbonyl (C=O) groups is 1. The van der Waals surface area contributed by atoms with Crippen molar-refractivity contribution in [3.8, 4) is 0 Å². The molecule has 2 fully saturated rings. The van der Waals surface area contributed by atoms with Gasteiger partial charge in [0.15, 0.2) is 0 Å². The standard InChI is InChI=1S/C16H27N3O.C2HF3O2/c1-13(2)15-8-16(20-12-15)4-6-19(7-5-16)11-14-9-17-18(3)10-14;3-2(4,5)1(6)7/h9-10,13,15H,4-8,11-12H2,1-3H3;(H,6,7). The molecule has 1 N–H and O–H groups in total. The summed E-state index contributed by atoms with van der Waals surface area (Å²) in [4.78, 5) is 11.4. The summed E-state index contributed by atoms with van der Waals surface area (Å²) in [5, 5.41) is 11.4. The van der Waals surface area contributed by atoms with E-state index in [0.717, 1.165) is 38.1 Å². The van der Waals surface area contributed by atoms with Crippen LogP contribution in [-0.2, 0) is 23.1 Å². The zero-order valence-electron chi connectivity index (χ0n) is 16.0. The maximum absolute atomic E-state index is 10.6. The number of likely N-dealkylation sites (tertiary alicyclic amines) is 1. The highest BCUT2D eigenvalue weighted by molar-refractivity contribution is 5.73. The number of nitrogens with zero attached hydrogens (tertiary/aromatic N) is 3. The first-order valence-electron chi connectivity index (χ1n) is 9.15. The summed E-state index contributed by atoms with van der Waals surface area (Å²) in [6, 6.07) is 0. The number of hydrogen-bond donors (Lipinski definition) is 1. The minimum Gasteiger partial charge on any atom is -0.475 e. The zero-order chi connectivity index (χ0) is 20.2. The van der Waals surface area contributed by atoms with E-state index in [-0.39, 0.29) is 5.60 Å². The second kappa shape index (κ2) is 8.60. The molecule has 1 unspecified atom stereocenters. The molecule has 6 nitrogen and oxygen atoms in total. The number of carboxylic acids is 1. The lowest BCUT2D eigenvalue weighted by molar-refractivity contribution is -0.192. The van der Waals surface area contributed by atoms with E-state index in [0.29, 0.717) is 0 Å². The Morgan fingerprint density at radius 1 is 1.41 bits per heavy atom. The molecule has 1 aromatic rings. The van der Waals surface area contributed by atoms with E-state index in [1.807, 2.05) is 17.9 Å². The molecular weight excluding hydrogens is 363 g/mol. The number of piperidine rings is 1. The number of halogens is 3. The van der Waals surface area contributed by atoms with Gasteiger partial charge in [0.2, 0.25) is 0 Å². The Labute approximate surface area is 157 Å². The highest BCUT2D eigenvalue weighted by atomic mass is 19.4. The summed E-state index contributed by atoms with van der Waals surface area (Å²) in [6.45, 7) is 8.95. The van der Waals surface area contributed by atoms with E-state index >= 15 is 0 Å². The third kappa shape index (κ3) is 6.21. The van der Waals surface area contributed by atoms with Gasteiger partial charge in [0, 0.05) is 38.4 Å². The van der Waals surface area contributed by atoms with Crippen LogP contribution >= 0.6 is 0 Å². The lowest BCUT2D eigenvalue weighted by Crippen LogP contribution is -2.43. The van der Waals surface area contributed by atoms with Crippen molar-refractivity contribution in [1.82, 2.24) is 14.7 Å². The third-order valence-electron chi connectivity index (χ3n) is 5.35. The van der Waals surface area contributed by atoms with Crippen molar-refractivity contribution in [2.45, 2.75) is 51.4 Å². The van der Waals surface area contributed by atoms with Crippen LogP contribution in [0.4, 0.5) is 13.2 Å². The first-order chi connectivity index (χ1) is 12.5. The topological polar surface area (TPSA) is 67.6 Å². The van der Waals surface area contributed by atoms with Crippen LogP contribution in [0.15, 0.2) is 12.4 Å². The fourth-order valence-electron chi connectivity index (χ4n) is 3.59. The molecule has 2 saturated heterocycles. The summed E-state index contributed by atoms with van der Waals surface area (Å²) in [7, 11) is 1.98. The number of rotatable bonds is 3. The number of aliphatic carboxylic acids is 1. The minimum atomic E-state index is -5.08. The van der Waals surface area contributed by atoms with E-state index in [4.69, 9.17) is 14.6 Å². The second-order valence-electron chi connectivity index (χ2n) is 7.80. The number of aryl methyl sites for hydroxylation is 1. The van der Waals surface area contributed by atoms with Gasteiger partial charge in [-0.2, -0.15) is 18.3 Å². The molecule has 3 rings (SSSR count). The maximum atomic E-state index is 10.6. The van der Waals surface area contributed by atoms with Gasteiger partial charge in [-0.25, -0.2) is 4.79 Å². The van der Waals surface area contributed by atoms with Crippen LogP contribution in [0.1, 0.15) is 38.7 Å². The summed E-state index contributed by atoms with van der Waals surface area (Å²) in [5.41, 5.74) is 1.51. The van der Waals surface area contributed by atoms with Crippen LogP contribution in [0.3, 0.4) is 0 Å². The van der Waals surface area contributed by atoms with Crippen LogP contribution < -0.4 is 0 Å². The molecule has 0 radical (unpaired) electrons. The summed E-state index contributed by atoms with van der Waals surface area (Å²) < 4.78 is 39.8. The lowest BCUT2D eigenvalue weighted by Gasteiger charge is -2.38. The molecule has 0 amide bonds. The normalized spacial score (nSPS) is 22.7. The molecule has 1 aromatic heterocycles. The molecule has 1 atom stereocenters. The molecule has 27 heavy (non-hydrogen) atoms. The zero-order valence-corrected chi connectivity index (χ0v) is 16.0. The van der Waals surface area contributed by atoms with Gasteiger partial charge in [-0.05, 0) is 31.1 Å². The molecule has 9 heteroatoms. The van der Waals surface area contributed by atoms with Crippen LogP contribution in [0.2, 0.25) is 0 Å². The van der Waals surface area contributed by atoms with Crippen LogP contribution in [-0.4, -0.2) is 57.2 Å². The third-order valence-corrected chi connectivity index (χ3v) is 5.35. The summed E-state index contributed by atoms with van der Waals surface area (Å²) in [6.07, 6.45) is 2.66. The highest BCUT2D eigenvalue weighted by Gasteiger charge is 2.43. The number of carboxylic acid groups (broad SMARTS) is 1. The molecule has 2 aliphatic rings. The van der Waals surface area contributed by atoms with Gasteiger partial charge in [-0.1, -0.05) is 13.8 Å². The van der Waals surface area contributed by atoms with Gasteiger partial charge in [0.05, 0.1) is 18.4 Å². The van der Waals surface area contributed by atoms with E-state index in [2.05, 4.69) is 30.0 Å². The molecule has 0 saturated carbocycles. The van der Waals surface area contributed by atoms with Crippen molar-refractivity contribution in [3.63, 3.8) is 0 Å². The fraction of sp³-hybridized carbons (Fsp3) is 0.778. The molecule has 2 aliphatic heterocycles. The van der Waals surface area contributed by atoms with Gasteiger partial charge < -0.3 is 9.84 Å². The smallest absolute Gasteiger partial charge is 0.475 e. The quantitative estimate of drug-likeness (QED) is 0.858. The van der Waals surface area contributed by atoms with Gasteiger partial charge >= 0.3 is 12.1 Å². The first-order valence-corrected chi connectivity index (χ1v) is 9.15. The highest BCUT2D eigenvalue weighted by Crippen LogP contribution is 2.41. The lowest BCUT2D eigenvalue weighted by atomic mass is 9.82. The van der Waals surface area contributed by atoms with E-state index < -0.39 is 12.1 Å². The van der Waals surface area contributed by atoms with E-state index in [1.54, 1.807) is 0 Å². The average Bonchev–Trinajstić information content (AvgIpc) is 3.17. The Kier molecular flexibility index (Phi) is 6.91. The van der Waals surface area contributed by atoms with Gasteiger partial charge in [-0.15, -0.1) is 0 Å². The molecule has 0 aromatic carbocycles. The number of aromatic nitrogens is 2. The Balaban J connectivity index is 0.000000321. The van der Waals surface area contributed by atoms with Crippen molar-refractivity contribution in [3.05, 3.63) is 18.0 Å². The molecule has 0 aliphatic carbocycles. The average molecular weight is 391 g/mol. The molecular formula is C18H28F3N3O3. The van der Waals surface area contributed by atoms with Crippen molar-refractivity contribution >= 4 is 5.97 Å². The van der Waals surface area contributed by atoms with Gasteiger partial charge in [0.25, 0.3) is 0 Å². The predicted molar refractivity (Wildman–Crippen MR) is 93.0 cm³/mol. The Bertz CT molecular complexity index is 623. The number of ether oxygens (including phenoxy) is 1. The van der Waals surface area contributed by atoms with Crippen molar-refractivity contribution < 1.29 is 27.8 Å². The SMILES string of the molecule is CC(C)C1COC2(CCN(Cc3cnn(C)c3)CC2)C1.O=C(O)C(F)(F)F. The van der Waals surface area contributed by atoms with E-state index in [9.17, 15) is 13.2 Å². The first kappa shape index (κ1) is 21.7. The Morgan fingerprint density at radius 3 is 2.41 bits per heavy atom. The summed E-state index contributed by atoms with van der Waals surface area (Å²) in [5.74, 6) is -1.24. The molecule has 0 bridgehead atoms. The van der Waals surface area contributed by atoms with Crippen molar-refractivity contribution in [2.75, 3.05) is 19.7 Å². The van der Waals surface area contributed by atoms with Gasteiger partial charge in [-0.3, -0.25) is 9.58 Å². The summed E-state index contributed by atoms with van der Waals surface area (Å²) >= 11 is 0. The number of alkyl halides is 3. The monoisotopic (exact) mass is 391 g/mol. The minimum absolute atomic E-state index is 0.195. The largest absolute Gasteiger partial charge is 0.490 e. The van der Waals surface area contributed by atoms with Gasteiger partial charge in [0.1, 0.15) is 0 Å². The van der Waals surface area contributed by atoms with Crippen molar-refractivity contribution in [2.24, 2.45) is 18.9 Å². The Morgan fingerprint density at radius 2 is 2.00 bits per heavy atom. The number of hydrogen-bond acceptors (Lipinski definition) is 4. The van der Waals surface area contributed by atoms with Crippen molar-refractivity contribution in [1.29, 1.82) is 0 Å². The fourth-order valence-corrected chi connectivity index (χ4v) is 3.59. The molecule has 1 spiro atoms. The molecule has 3 heterocycles. The van der Waals surface area contributed by atoms with Crippen LogP contribution in [0, 0.1) is 11.8 Å². The second-order valence-corrected chi connectivity index (χ2v) is 7.80. The van der Waals surface area contributed by atoms with Crippen LogP contribution in [0.5, 0.6) is 0 Å². The molecule has 154 valence electrons. The Hall–Kier alpha value is -1.61.